The van der Waals surface area contributed by atoms with E-state index < -0.39 is 78.3 Å². The number of benzene rings is 4. The van der Waals surface area contributed by atoms with Gasteiger partial charge in [0.1, 0.15) is 11.5 Å². The molecule has 8 rings (SSSR count). The van der Waals surface area contributed by atoms with Crippen LogP contribution in [0.2, 0.25) is 0 Å². The van der Waals surface area contributed by atoms with E-state index in [1.54, 1.807) is 38.1 Å². The number of amides is 1. The molecule has 7 N–H and O–H groups in total. The summed E-state index contributed by atoms with van der Waals surface area (Å²) in [7, 11) is 1.38. The van der Waals surface area contributed by atoms with E-state index in [9.17, 15) is 39.6 Å². The fraction of sp³-hybridized carbons (Fsp3) is 0.356. The van der Waals surface area contributed by atoms with Crippen molar-refractivity contribution >= 4 is 34.3 Å². The molecule has 1 saturated heterocycles. The average molecular weight is 851 g/mol. The zero-order valence-electron chi connectivity index (χ0n) is 34.3. The van der Waals surface area contributed by atoms with Gasteiger partial charge in [-0.05, 0) is 79.8 Å². The first-order chi connectivity index (χ1) is 29.6. The monoisotopic (exact) mass is 850 g/mol. The second-order valence-electron chi connectivity index (χ2n) is 16.3. The molecular formula is C45H46N4O13. The van der Waals surface area contributed by atoms with Crippen molar-refractivity contribution < 1.29 is 58.2 Å². The number of aryl methyl sites for hydroxylation is 1. The lowest BCUT2D eigenvalue weighted by atomic mass is 9.67. The molecule has 4 aromatic carbocycles. The molecule has 0 unspecified atom stereocenters. The Morgan fingerprint density at radius 2 is 1.82 bits per heavy atom. The SMILES string of the molecule is COc1cccc2c1C(=O)c1c(cc3c(c1O)[C@@H](O[C@@H]1C[C@H](N)[C@H](O)[C@H](C)O1)C[C@](C)(C(CO)=NNC(=O)COc1ccc(Cn4c(=O)oc5ccc(C)cc54)cc1O)C3)C2=O. The van der Waals surface area contributed by atoms with E-state index in [2.05, 4.69) is 10.5 Å². The first kappa shape index (κ1) is 42.3. The Morgan fingerprint density at radius 1 is 1.03 bits per heavy atom. The van der Waals surface area contributed by atoms with E-state index in [1.165, 1.54) is 35.9 Å². The van der Waals surface area contributed by atoms with Gasteiger partial charge in [0.15, 0.2) is 35.8 Å². The van der Waals surface area contributed by atoms with E-state index in [0.717, 1.165) is 5.56 Å². The maximum Gasteiger partial charge on any atom is 0.420 e. The Kier molecular flexibility index (Phi) is 11.3. The van der Waals surface area contributed by atoms with Gasteiger partial charge in [0.2, 0.25) is 5.78 Å². The topological polar surface area (TPSA) is 255 Å². The van der Waals surface area contributed by atoms with Crippen molar-refractivity contribution in [2.45, 2.75) is 77.2 Å². The highest BCUT2D eigenvalue weighted by molar-refractivity contribution is 6.30. The molecule has 17 heteroatoms. The molecule has 2 aliphatic carbocycles. The molecule has 17 nitrogen and oxygen atoms in total. The van der Waals surface area contributed by atoms with Crippen LogP contribution in [0.3, 0.4) is 0 Å². The van der Waals surface area contributed by atoms with Gasteiger partial charge in [0.05, 0.1) is 60.9 Å². The quantitative estimate of drug-likeness (QED) is 0.0806. The summed E-state index contributed by atoms with van der Waals surface area (Å²) in [4.78, 5) is 53.6. The van der Waals surface area contributed by atoms with E-state index in [1.807, 2.05) is 19.1 Å². The van der Waals surface area contributed by atoms with Crippen LogP contribution in [-0.4, -0.2) is 93.0 Å². The number of nitrogens with one attached hydrogen (secondary N) is 1. The third kappa shape index (κ3) is 7.62. The van der Waals surface area contributed by atoms with E-state index in [0.29, 0.717) is 22.2 Å². The van der Waals surface area contributed by atoms with E-state index in [-0.39, 0.29) is 76.6 Å². The van der Waals surface area contributed by atoms with Crippen LogP contribution < -0.4 is 26.4 Å². The Morgan fingerprint density at radius 3 is 2.55 bits per heavy atom. The first-order valence-corrected chi connectivity index (χ1v) is 20.0. The number of hydrogen-bond acceptors (Lipinski definition) is 15. The zero-order valence-corrected chi connectivity index (χ0v) is 34.3. The molecule has 0 spiro atoms. The average Bonchev–Trinajstić information content (AvgIpc) is 3.53. The van der Waals surface area contributed by atoms with Crippen LogP contribution >= 0.6 is 0 Å². The number of aliphatic hydroxyl groups is 2. The number of oxazole rings is 1. The number of aromatic nitrogens is 1. The van der Waals surface area contributed by atoms with Crippen molar-refractivity contribution in [1.29, 1.82) is 0 Å². The van der Waals surface area contributed by atoms with Crippen LogP contribution in [0.15, 0.2) is 75.0 Å². The molecule has 6 atom stereocenters. The van der Waals surface area contributed by atoms with Crippen LogP contribution in [0.1, 0.15) is 86.9 Å². The van der Waals surface area contributed by atoms with E-state index in [4.69, 9.17) is 29.1 Å². The number of aliphatic hydroxyl groups excluding tert-OH is 2. The highest BCUT2D eigenvalue weighted by atomic mass is 16.7. The Hall–Kier alpha value is -6.37. The van der Waals surface area contributed by atoms with Crippen LogP contribution in [-0.2, 0) is 27.2 Å². The number of hydrogen-bond donors (Lipinski definition) is 6. The molecule has 0 bridgehead atoms. The van der Waals surface area contributed by atoms with Crippen LogP contribution in [0.5, 0.6) is 23.0 Å². The molecule has 0 saturated carbocycles. The minimum absolute atomic E-state index is 0.00457. The number of nitrogens with zero attached hydrogens (tertiary/aromatic N) is 2. The smallest absolute Gasteiger partial charge is 0.420 e. The number of hydrazone groups is 1. The number of methoxy groups -OCH3 is 1. The summed E-state index contributed by atoms with van der Waals surface area (Å²) < 4.78 is 30.2. The summed E-state index contributed by atoms with van der Waals surface area (Å²) in [6, 6.07) is 15.4. The van der Waals surface area contributed by atoms with Crippen molar-refractivity contribution in [3.8, 4) is 23.0 Å². The summed E-state index contributed by atoms with van der Waals surface area (Å²) in [6.07, 6.45) is -3.39. The van der Waals surface area contributed by atoms with Gasteiger partial charge in [-0.3, -0.25) is 19.0 Å². The van der Waals surface area contributed by atoms with Crippen LogP contribution in [0, 0.1) is 12.3 Å². The first-order valence-electron chi connectivity index (χ1n) is 20.0. The summed E-state index contributed by atoms with van der Waals surface area (Å²) in [6.45, 7) is 4.24. The van der Waals surface area contributed by atoms with Gasteiger partial charge in [-0.1, -0.05) is 31.2 Å². The summed E-state index contributed by atoms with van der Waals surface area (Å²) in [5, 5.41) is 48.2. The predicted molar refractivity (Wildman–Crippen MR) is 222 cm³/mol. The highest BCUT2D eigenvalue weighted by Crippen LogP contribution is 2.51. The largest absolute Gasteiger partial charge is 0.507 e. The van der Waals surface area contributed by atoms with Gasteiger partial charge in [-0.25, -0.2) is 10.2 Å². The second kappa shape index (κ2) is 16.5. The standard InChI is InChI=1S/C45H46N4O13/c1-21-8-10-30-28(12-21)49(44(57)62-30)18-23-9-11-31(29(51)13-23)59-20-35(52)48-47-34(19-50)45(3)16-24-14-26-39(43(56)38-25(41(26)54)6-5-7-32(38)58-4)42(55)37(24)33(17-45)61-36-15-27(46)40(53)22(2)60-36/h5-14,22,27,33,36,40,50-51,53,55H,15-20,46H2,1-4H3,(H,48,52)/t22-,27-,33-,36+,40+,45+/m0/s1. The van der Waals surface area contributed by atoms with Gasteiger partial charge in [0.25, 0.3) is 5.91 Å². The van der Waals surface area contributed by atoms with Gasteiger partial charge in [0, 0.05) is 34.6 Å². The predicted octanol–water partition coefficient (Wildman–Crippen LogP) is 3.52. The number of carbonyl (C=O) groups is 3. The number of ketones is 2. The number of rotatable bonds is 11. The van der Waals surface area contributed by atoms with Crippen molar-refractivity contribution in [1.82, 2.24) is 9.99 Å². The Balaban J connectivity index is 1.03. The number of phenolic OH excluding ortho intramolecular Hbond substituents is 2. The molecule has 1 aliphatic heterocycles. The fourth-order valence-electron chi connectivity index (χ4n) is 8.70. The van der Waals surface area contributed by atoms with Crippen LogP contribution in [0.25, 0.3) is 11.1 Å². The molecule has 1 fully saturated rings. The number of phenols is 2. The molecule has 0 radical (unpaired) electrons. The summed E-state index contributed by atoms with van der Waals surface area (Å²) in [5.41, 5.74) is 10.8. The van der Waals surface area contributed by atoms with Crippen molar-refractivity contribution in [3.63, 3.8) is 0 Å². The molecule has 1 aromatic heterocycles. The Bertz CT molecular complexity index is 2710. The lowest BCUT2D eigenvalue weighted by Gasteiger charge is -2.43. The number of fused-ring (bicyclic) bond motifs is 4. The van der Waals surface area contributed by atoms with Crippen molar-refractivity contribution in [2.75, 3.05) is 20.3 Å². The molecule has 2 heterocycles. The maximum absolute atomic E-state index is 14.1. The molecule has 1 amide bonds. The van der Waals surface area contributed by atoms with Gasteiger partial charge >= 0.3 is 5.76 Å². The van der Waals surface area contributed by atoms with Gasteiger partial charge in [-0.2, -0.15) is 5.10 Å². The third-order valence-corrected chi connectivity index (χ3v) is 11.9. The molecule has 62 heavy (non-hydrogen) atoms. The van der Waals surface area contributed by atoms with Crippen LogP contribution in [0.4, 0.5) is 0 Å². The number of aromatic hydroxyl groups is 2. The van der Waals surface area contributed by atoms with Gasteiger partial charge in [-0.15, -0.1) is 0 Å². The lowest BCUT2D eigenvalue weighted by Crippen LogP contribution is -2.52. The highest BCUT2D eigenvalue weighted by Gasteiger charge is 2.46. The zero-order chi connectivity index (χ0) is 44.2. The summed E-state index contributed by atoms with van der Waals surface area (Å²) in [5.74, 6) is -2.92. The minimum Gasteiger partial charge on any atom is -0.507 e. The third-order valence-electron chi connectivity index (χ3n) is 11.9. The molecular weight excluding hydrogens is 805 g/mol. The Labute approximate surface area is 354 Å². The lowest BCUT2D eigenvalue weighted by molar-refractivity contribution is -0.244. The molecule has 324 valence electrons. The van der Waals surface area contributed by atoms with Gasteiger partial charge < -0.3 is 49.5 Å². The van der Waals surface area contributed by atoms with E-state index >= 15 is 0 Å². The van der Waals surface area contributed by atoms with Crippen molar-refractivity contribution in [2.24, 2.45) is 16.3 Å². The second-order valence-corrected chi connectivity index (χ2v) is 16.3. The summed E-state index contributed by atoms with van der Waals surface area (Å²) >= 11 is 0. The normalized spacial score (nSPS) is 23.4. The maximum atomic E-state index is 14.1. The fourth-order valence-corrected chi connectivity index (χ4v) is 8.70. The van der Waals surface area contributed by atoms with Crippen molar-refractivity contribution in [3.05, 3.63) is 116 Å². The minimum atomic E-state index is -1.08. The number of ether oxygens (including phenoxy) is 4. The number of nitrogens with two attached hydrogens (primary N) is 1. The molecule has 3 aliphatic rings. The number of carbonyl (C=O) groups excluding carboxylic acids is 3. The molecule has 5 aromatic rings.